The zero-order valence-corrected chi connectivity index (χ0v) is 26.8. The molecule has 11 unspecified atom stereocenters. The summed E-state index contributed by atoms with van der Waals surface area (Å²) in [5.74, 6) is 5.23. The average molecular weight is 539 g/mol. The van der Waals surface area contributed by atoms with Crippen LogP contribution in [0.3, 0.4) is 0 Å². The molecule has 0 aromatic carbocycles. The van der Waals surface area contributed by atoms with Gasteiger partial charge in [-0.05, 0) is 123 Å². The van der Waals surface area contributed by atoms with Crippen LogP contribution < -0.4 is 0 Å². The molecule has 5 aliphatic carbocycles. The normalized spacial score (nSPS) is 51.3. The highest BCUT2D eigenvalue weighted by atomic mass is 16.3. The fourth-order valence-corrected chi connectivity index (χ4v) is 12.0. The van der Waals surface area contributed by atoms with Crippen LogP contribution in [0.4, 0.5) is 0 Å². The van der Waals surface area contributed by atoms with Gasteiger partial charge in [-0.15, -0.1) is 0 Å². The Morgan fingerprint density at radius 3 is 2.10 bits per heavy atom. The van der Waals surface area contributed by atoms with Gasteiger partial charge in [0.25, 0.3) is 0 Å². The molecular formula is C36H58O3. The highest BCUT2D eigenvalue weighted by molar-refractivity contribution is 6.03. The van der Waals surface area contributed by atoms with E-state index in [-0.39, 0.29) is 34.4 Å². The first-order valence-corrected chi connectivity index (χ1v) is 16.5. The Morgan fingerprint density at radius 2 is 1.54 bits per heavy atom. The third-order valence-corrected chi connectivity index (χ3v) is 14.3. The molecule has 0 bridgehead atoms. The molecule has 0 aromatic rings. The van der Waals surface area contributed by atoms with E-state index in [2.05, 4.69) is 62.3 Å². The summed E-state index contributed by atoms with van der Waals surface area (Å²) in [7, 11) is 0. The number of Topliss-reactive ketones (excluding diaryl/α,β-unsaturated/α-hetero) is 2. The second-order valence-corrected chi connectivity index (χ2v) is 16.7. The molecule has 0 spiro atoms. The van der Waals surface area contributed by atoms with Gasteiger partial charge in [0, 0.05) is 22.8 Å². The van der Waals surface area contributed by atoms with Crippen molar-refractivity contribution in [1.82, 2.24) is 0 Å². The van der Waals surface area contributed by atoms with E-state index in [1.165, 1.54) is 32.1 Å². The van der Waals surface area contributed by atoms with Gasteiger partial charge < -0.3 is 5.11 Å². The monoisotopic (exact) mass is 538 g/mol. The number of hydrogen-bond donors (Lipinski definition) is 1. The van der Waals surface area contributed by atoms with Gasteiger partial charge in [-0.3, -0.25) is 9.59 Å². The SMILES string of the molecule is CC1=C(C(C)O)C(=O)C2(C)C(C)C3C(=O)C4C(C)C(C)CC(C5CCC(C(C)C)CC5)C4CC3(C)CC2(C)C1. The molecule has 5 rings (SSSR count). The number of aliphatic hydroxyl groups is 1. The van der Waals surface area contributed by atoms with Gasteiger partial charge in [0.1, 0.15) is 5.78 Å². The summed E-state index contributed by atoms with van der Waals surface area (Å²) in [6.45, 7) is 22.5. The van der Waals surface area contributed by atoms with Crippen molar-refractivity contribution in [2.45, 2.75) is 127 Å². The lowest BCUT2D eigenvalue weighted by molar-refractivity contribution is -0.193. The summed E-state index contributed by atoms with van der Waals surface area (Å²) >= 11 is 0. The van der Waals surface area contributed by atoms with Gasteiger partial charge in [-0.1, -0.05) is 61.0 Å². The molecule has 1 N–H and O–H groups in total. The average Bonchev–Trinajstić information content (AvgIpc) is 2.83. The van der Waals surface area contributed by atoms with Crippen molar-refractivity contribution in [1.29, 1.82) is 0 Å². The van der Waals surface area contributed by atoms with Gasteiger partial charge in [0.15, 0.2) is 5.78 Å². The van der Waals surface area contributed by atoms with E-state index >= 15 is 0 Å². The van der Waals surface area contributed by atoms with Crippen molar-refractivity contribution in [3.05, 3.63) is 11.1 Å². The van der Waals surface area contributed by atoms with Crippen molar-refractivity contribution in [2.75, 3.05) is 0 Å². The number of fused-ring (bicyclic) bond motifs is 3. The molecule has 0 amide bonds. The fraction of sp³-hybridized carbons (Fsp3) is 0.889. The molecule has 5 aliphatic rings. The summed E-state index contributed by atoms with van der Waals surface area (Å²) in [5, 5.41) is 10.6. The molecule has 0 radical (unpaired) electrons. The largest absolute Gasteiger partial charge is 0.389 e. The third-order valence-electron chi connectivity index (χ3n) is 14.3. The minimum absolute atomic E-state index is 0.0200. The Labute approximate surface area is 239 Å². The van der Waals surface area contributed by atoms with Crippen LogP contribution in [0.1, 0.15) is 121 Å². The smallest absolute Gasteiger partial charge is 0.168 e. The Hall–Kier alpha value is -0.960. The van der Waals surface area contributed by atoms with E-state index < -0.39 is 11.5 Å². The van der Waals surface area contributed by atoms with Crippen molar-refractivity contribution >= 4 is 11.6 Å². The lowest BCUT2D eigenvalue weighted by Gasteiger charge is -2.67. The number of allylic oxidation sites excluding steroid dienone is 1. The molecule has 3 heteroatoms. The van der Waals surface area contributed by atoms with E-state index in [4.69, 9.17) is 0 Å². The Kier molecular flexibility index (Phi) is 7.43. The molecular weight excluding hydrogens is 480 g/mol. The summed E-state index contributed by atoms with van der Waals surface area (Å²) in [4.78, 5) is 29.1. The minimum atomic E-state index is -0.753. The van der Waals surface area contributed by atoms with Crippen molar-refractivity contribution in [3.63, 3.8) is 0 Å². The molecule has 0 saturated heterocycles. The molecule has 4 fully saturated rings. The number of carbonyl (C=O) groups is 2. The Morgan fingerprint density at radius 1 is 0.923 bits per heavy atom. The lowest BCUT2D eigenvalue weighted by Crippen LogP contribution is -2.67. The maximum atomic E-state index is 14.9. The molecule has 11 atom stereocenters. The van der Waals surface area contributed by atoms with Crippen LogP contribution in [-0.2, 0) is 9.59 Å². The van der Waals surface area contributed by atoms with Crippen LogP contribution in [-0.4, -0.2) is 22.8 Å². The quantitative estimate of drug-likeness (QED) is 0.393. The summed E-state index contributed by atoms with van der Waals surface area (Å²) in [6.07, 6.45) is 8.89. The first-order chi connectivity index (χ1) is 18.1. The lowest BCUT2D eigenvalue weighted by atomic mass is 9.35. The molecule has 0 aromatic heterocycles. The summed E-state index contributed by atoms with van der Waals surface area (Å²) < 4.78 is 0. The van der Waals surface area contributed by atoms with Gasteiger partial charge in [-0.25, -0.2) is 0 Å². The van der Waals surface area contributed by atoms with Crippen LogP contribution in [0.5, 0.6) is 0 Å². The molecule has 4 saturated carbocycles. The van der Waals surface area contributed by atoms with Crippen molar-refractivity contribution < 1.29 is 14.7 Å². The van der Waals surface area contributed by atoms with Crippen molar-refractivity contribution in [2.24, 2.45) is 75.4 Å². The second-order valence-electron chi connectivity index (χ2n) is 16.7. The van der Waals surface area contributed by atoms with E-state index in [0.717, 1.165) is 42.6 Å². The first-order valence-electron chi connectivity index (χ1n) is 16.5. The minimum Gasteiger partial charge on any atom is -0.389 e. The Bertz CT molecular complexity index is 1030. The fourth-order valence-electron chi connectivity index (χ4n) is 12.0. The van der Waals surface area contributed by atoms with E-state index in [9.17, 15) is 14.7 Å². The highest BCUT2D eigenvalue weighted by Gasteiger charge is 2.69. The molecule has 39 heavy (non-hydrogen) atoms. The van der Waals surface area contributed by atoms with E-state index in [0.29, 0.717) is 35.0 Å². The van der Waals surface area contributed by atoms with E-state index in [1.54, 1.807) is 6.92 Å². The second kappa shape index (κ2) is 9.81. The van der Waals surface area contributed by atoms with Gasteiger partial charge >= 0.3 is 0 Å². The van der Waals surface area contributed by atoms with Crippen molar-refractivity contribution in [3.8, 4) is 0 Å². The third kappa shape index (κ3) is 4.20. The number of ketones is 2. The number of aliphatic hydroxyl groups excluding tert-OH is 1. The molecule has 3 nitrogen and oxygen atoms in total. The van der Waals surface area contributed by atoms with Crippen LogP contribution in [0.25, 0.3) is 0 Å². The Balaban J connectivity index is 1.52. The maximum absolute atomic E-state index is 14.9. The topological polar surface area (TPSA) is 54.4 Å². The predicted octanol–water partition coefficient (Wildman–Crippen LogP) is 8.29. The molecule has 0 heterocycles. The van der Waals surface area contributed by atoms with Gasteiger partial charge in [0.2, 0.25) is 0 Å². The summed E-state index contributed by atoms with van der Waals surface area (Å²) in [6, 6.07) is 0. The van der Waals surface area contributed by atoms with Gasteiger partial charge in [-0.2, -0.15) is 0 Å². The van der Waals surface area contributed by atoms with Crippen LogP contribution in [0, 0.1) is 75.4 Å². The predicted molar refractivity (Wildman–Crippen MR) is 159 cm³/mol. The molecule has 220 valence electrons. The van der Waals surface area contributed by atoms with Crippen LogP contribution >= 0.6 is 0 Å². The number of carbonyl (C=O) groups excluding carboxylic acids is 2. The van der Waals surface area contributed by atoms with E-state index in [1.807, 2.05) is 0 Å². The summed E-state index contributed by atoms with van der Waals surface area (Å²) in [5.41, 5.74) is 0.793. The number of hydrogen-bond acceptors (Lipinski definition) is 3. The first kappa shape index (κ1) is 29.5. The number of rotatable bonds is 3. The van der Waals surface area contributed by atoms with Crippen LogP contribution in [0.15, 0.2) is 11.1 Å². The highest BCUT2D eigenvalue weighted by Crippen LogP contribution is 2.71. The standard InChI is InChI=1S/C36H58O3/c1-19(2)25-11-13-26(14-12-25)27-15-20(3)22(5)30-28(27)17-34(8)18-35(9)16-21(4)29(24(7)37)33(39)36(35,10)23(6)31(34)32(30)38/h19-20,22-28,30-31,37H,11-18H2,1-10H3. The zero-order chi connectivity index (χ0) is 28.8. The molecule has 0 aliphatic heterocycles. The zero-order valence-electron chi connectivity index (χ0n) is 26.8. The maximum Gasteiger partial charge on any atom is 0.168 e. The van der Waals surface area contributed by atoms with Crippen LogP contribution in [0.2, 0.25) is 0 Å². The van der Waals surface area contributed by atoms with Gasteiger partial charge in [0.05, 0.1) is 6.10 Å².